The molecular weight excluding hydrogens is 292 g/mol. The van der Waals surface area contributed by atoms with E-state index in [0.29, 0.717) is 17.9 Å². The number of fused-ring (bicyclic) bond motifs is 3. The van der Waals surface area contributed by atoms with E-state index in [1.54, 1.807) is 5.06 Å². The van der Waals surface area contributed by atoms with Gasteiger partial charge in [0.15, 0.2) is 0 Å². The first kappa shape index (κ1) is 13.8. The predicted molar refractivity (Wildman–Crippen MR) is 86.0 cm³/mol. The third-order valence-electron chi connectivity index (χ3n) is 4.33. The van der Waals surface area contributed by atoms with Gasteiger partial charge in [-0.05, 0) is 30.6 Å². The van der Waals surface area contributed by atoms with Gasteiger partial charge in [0.25, 0.3) is 0 Å². The second-order valence-electron chi connectivity index (χ2n) is 6.08. The summed E-state index contributed by atoms with van der Waals surface area (Å²) in [5.74, 6) is 0.339. The van der Waals surface area contributed by atoms with Crippen LogP contribution < -0.4 is 4.84 Å². The number of rotatable bonds is 2. The van der Waals surface area contributed by atoms with Gasteiger partial charge in [-0.1, -0.05) is 36.4 Å². The van der Waals surface area contributed by atoms with Crippen molar-refractivity contribution in [1.82, 2.24) is 9.63 Å². The molecule has 0 amide bonds. The van der Waals surface area contributed by atoms with Gasteiger partial charge in [0, 0.05) is 6.20 Å². The molecule has 0 radical (unpaired) electrons. The molecule has 2 aliphatic heterocycles. The Morgan fingerprint density at radius 3 is 2.57 bits per heavy atom. The Balaban J connectivity index is 1.77. The molecule has 3 heterocycles. The smallest absolute Gasteiger partial charge is 0.241 e. The monoisotopic (exact) mass is 310 g/mol. The van der Waals surface area contributed by atoms with Crippen molar-refractivity contribution in [2.24, 2.45) is 0 Å². The summed E-state index contributed by atoms with van der Waals surface area (Å²) >= 11 is 0. The molecule has 1 aromatic heterocycles. The molecular formula is C18H18N2O3. The number of hydroxylamine groups is 2. The molecule has 5 heteroatoms. The zero-order chi connectivity index (χ0) is 16.1. The number of benzene rings is 1. The van der Waals surface area contributed by atoms with Gasteiger partial charge in [-0.25, -0.2) is 5.06 Å². The van der Waals surface area contributed by atoms with Crippen LogP contribution in [0.5, 0.6) is 17.5 Å². The summed E-state index contributed by atoms with van der Waals surface area (Å²) in [6.45, 7) is 4.37. The lowest BCUT2D eigenvalue weighted by molar-refractivity contribution is -0.0138. The van der Waals surface area contributed by atoms with Crippen LogP contribution in [0.2, 0.25) is 0 Å². The minimum Gasteiger partial charge on any atom is -0.494 e. The van der Waals surface area contributed by atoms with Crippen LogP contribution in [-0.2, 0) is 6.54 Å². The highest BCUT2D eigenvalue weighted by molar-refractivity contribution is 5.58. The van der Waals surface area contributed by atoms with Crippen molar-refractivity contribution in [2.45, 2.75) is 26.4 Å². The largest absolute Gasteiger partial charge is 0.494 e. The Labute approximate surface area is 134 Å². The Hall–Kier alpha value is -2.82. The molecule has 1 atom stereocenters. The summed E-state index contributed by atoms with van der Waals surface area (Å²) in [6.07, 6.45) is 3.93. The van der Waals surface area contributed by atoms with E-state index in [9.17, 15) is 10.2 Å². The molecule has 0 saturated heterocycles. The zero-order valence-corrected chi connectivity index (χ0v) is 13.0. The van der Waals surface area contributed by atoms with E-state index in [-0.39, 0.29) is 17.8 Å². The molecule has 2 N–H and O–H groups in total. The van der Waals surface area contributed by atoms with Crippen molar-refractivity contribution in [3.05, 3.63) is 64.9 Å². The summed E-state index contributed by atoms with van der Waals surface area (Å²) in [6, 6.07) is 9.51. The molecule has 5 nitrogen and oxygen atoms in total. The Kier molecular flexibility index (Phi) is 2.91. The van der Waals surface area contributed by atoms with Crippen LogP contribution in [0.1, 0.15) is 31.0 Å². The van der Waals surface area contributed by atoms with E-state index in [4.69, 9.17) is 4.84 Å². The van der Waals surface area contributed by atoms with Gasteiger partial charge in [0.2, 0.25) is 17.5 Å². The summed E-state index contributed by atoms with van der Waals surface area (Å²) in [4.78, 5) is 5.77. The van der Waals surface area contributed by atoms with Crippen LogP contribution in [0.15, 0.2) is 53.8 Å². The molecule has 118 valence electrons. The van der Waals surface area contributed by atoms with Crippen molar-refractivity contribution in [1.29, 1.82) is 0 Å². The molecule has 2 aliphatic rings. The topological polar surface area (TPSA) is 57.9 Å². The molecule has 0 unspecified atom stereocenters. The lowest BCUT2D eigenvalue weighted by Gasteiger charge is -2.26. The third-order valence-corrected chi connectivity index (χ3v) is 4.33. The van der Waals surface area contributed by atoms with E-state index >= 15 is 0 Å². The quantitative estimate of drug-likeness (QED) is 0.892. The molecule has 0 fully saturated rings. The molecule has 4 rings (SSSR count). The van der Waals surface area contributed by atoms with Gasteiger partial charge >= 0.3 is 0 Å². The van der Waals surface area contributed by atoms with Crippen molar-refractivity contribution in [3.63, 3.8) is 0 Å². The zero-order valence-electron chi connectivity index (χ0n) is 13.0. The second kappa shape index (κ2) is 4.84. The molecule has 0 saturated carbocycles. The third kappa shape index (κ3) is 2.00. The number of aromatic nitrogens is 1. The van der Waals surface area contributed by atoms with Gasteiger partial charge in [-0.15, -0.1) is 0 Å². The first-order chi connectivity index (χ1) is 11.1. The molecule has 0 spiro atoms. The summed E-state index contributed by atoms with van der Waals surface area (Å²) in [5.41, 5.74) is 3.75. The fourth-order valence-corrected chi connectivity index (χ4v) is 3.33. The minimum absolute atomic E-state index is 0.0467. The minimum atomic E-state index is -0.198. The van der Waals surface area contributed by atoms with Crippen LogP contribution >= 0.6 is 0 Å². The maximum Gasteiger partial charge on any atom is 0.241 e. The van der Waals surface area contributed by atoms with Crippen LogP contribution in [0.3, 0.4) is 0 Å². The Morgan fingerprint density at radius 1 is 1.09 bits per heavy atom. The highest BCUT2D eigenvalue weighted by atomic mass is 16.7. The Bertz CT molecular complexity index is 834. The van der Waals surface area contributed by atoms with Crippen molar-refractivity contribution in [3.8, 4) is 17.5 Å². The molecule has 0 bridgehead atoms. The van der Waals surface area contributed by atoms with Crippen molar-refractivity contribution >= 4 is 0 Å². The van der Waals surface area contributed by atoms with E-state index in [0.717, 1.165) is 16.7 Å². The second-order valence-corrected chi connectivity index (χ2v) is 6.08. The SMILES string of the molecule is CC1=CN2Oc3c(c(O)n(Cc4ccccc4)c3O)[C@H]2C(C)=C1. The highest BCUT2D eigenvalue weighted by Crippen LogP contribution is 2.54. The van der Waals surface area contributed by atoms with Gasteiger partial charge in [-0.3, -0.25) is 4.57 Å². The first-order valence-electron chi connectivity index (χ1n) is 7.57. The number of aromatic hydroxyl groups is 2. The maximum atomic E-state index is 10.7. The fourth-order valence-electron chi connectivity index (χ4n) is 3.33. The number of hydrogen-bond donors (Lipinski definition) is 2. The average Bonchev–Trinajstić information content (AvgIpc) is 3.00. The van der Waals surface area contributed by atoms with E-state index in [2.05, 4.69) is 6.08 Å². The van der Waals surface area contributed by atoms with Crippen LogP contribution in [0.4, 0.5) is 0 Å². The van der Waals surface area contributed by atoms with Gasteiger partial charge in [0.1, 0.15) is 6.04 Å². The van der Waals surface area contributed by atoms with Gasteiger partial charge in [-0.2, -0.15) is 0 Å². The fraction of sp³-hybridized carbons (Fsp3) is 0.222. The highest BCUT2D eigenvalue weighted by Gasteiger charge is 2.42. The molecule has 2 aromatic rings. The summed E-state index contributed by atoms with van der Waals surface area (Å²) in [7, 11) is 0. The standard InChI is InChI=1S/C18H18N2O3/c1-11-8-12(2)15-14-16(23-20(15)9-11)18(22)19(17(14)21)10-13-6-4-3-5-7-13/h3-9,15,21-22H,10H2,1-2H3/t15-/m1/s1. The number of allylic oxidation sites excluding steroid dienone is 2. The van der Waals surface area contributed by atoms with Crippen molar-refractivity contribution < 1.29 is 15.1 Å². The molecule has 1 aromatic carbocycles. The summed E-state index contributed by atoms with van der Waals surface area (Å²) in [5, 5.41) is 22.8. The average molecular weight is 310 g/mol. The lowest BCUT2D eigenvalue weighted by atomic mass is 9.98. The van der Waals surface area contributed by atoms with E-state index in [1.165, 1.54) is 4.57 Å². The van der Waals surface area contributed by atoms with Crippen LogP contribution in [-0.4, -0.2) is 19.8 Å². The van der Waals surface area contributed by atoms with Gasteiger partial charge < -0.3 is 15.1 Å². The lowest BCUT2D eigenvalue weighted by Crippen LogP contribution is -2.24. The number of nitrogens with zero attached hydrogens (tertiary/aromatic N) is 2. The van der Waals surface area contributed by atoms with E-state index < -0.39 is 0 Å². The number of hydrogen-bond acceptors (Lipinski definition) is 4. The first-order valence-corrected chi connectivity index (χ1v) is 7.57. The molecule has 0 aliphatic carbocycles. The van der Waals surface area contributed by atoms with Crippen molar-refractivity contribution in [2.75, 3.05) is 0 Å². The van der Waals surface area contributed by atoms with Crippen LogP contribution in [0, 0.1) is 0 Å². The molecule has 23 heavy (non-hydrogen) atoms. The summed E-state index contributed by atoms with van der Waals surface area (Å²) < 4.78 is 1.48. The van der Waals surface area contributed by atoms with Crippen LogP contribution in [0.25, 0.3) is 0 Å². The van der Waals surface area contributed by atoms with Gasteiger partial charge in [0.05, 0.1) is 12.1 Å². The normalized spacial score (nSPS) is 18.9. The predicted octanol–water partition coefficient (Wildman–Crippen LogP) is 3.46. The Morgan fingerprint density at radius 2 is 1.83 bits per heavy atom. The van der Waals surface area contributed by atoms with E-state index in [1.807, 2.05) is 50.4 Å². The maximum absolute atomic E-state index is 10.7.